The largest absolute Gasteiger partial charge is 0.422 e. The maximum atomic E-state index is 9.82. The minimum absolute atomic E-state index is 0.140. The number of allylic oxidation sites excluding steroid dienone is 1. The van der Waals surface area contributed by atoms with Gasteiger partial charge in [-0.1, -0.05) is 61.4 Å². The van der Waals surface area contributed by atoms with Gasteiger partial charge in [-0.25, -0.2) is 4.68 Å². The van der Waals surface area contributed by atoms with Crippen LogP contribution in [0.5, 0.6) is 5.88 Å². The van der Waals surface area contributed by atoms with Gasteiger partial charge >= 0.3 is 0 Å². The van der Waals surface area contributed by atoms with Crippen LogP contribution in [0.4, 0.5) is 0 Å². The zero-order valence-corrected chi connectivity index (χ0v) is 16.0. The molecule has 1 aliphatic heterocycles. The number of ether oxygens (including phenoxy) is 1. The second-order valence-electron chi connectivity index (χ2n) is 7.00. The molecule has 28 heavy (non-hydrogen) atoms. The van der Waals surface area contributed by atoms with Crippen molar-refractivity contribution in [2.24, 2.45) is 5.73 Å². The van der Waals surface area contributed by atoms with Crippen molar-refractivity contribution in [1.82, 2.24) is 9.78 Å². The summed E-state index contributed by atoms with van der Waals surface area (Å²) in [7, 11) is 0. The molecule has 0 spiro atoms. The van der Waals surface area contributed by atoms with Gasteiger partial charge in [0.05, 0.1) is 22.9 Å². The topological polar surface area (TPSA) is 76.9 Å². The van der Waals surface area contributed by atoms with Crippen LogP contribution in [0.2, 0.25) is 0 Å². The van der Waals surface area contributed by atoms with Crippen LogP contribution < -0.4 is 10.5 Å². The molecule has 4 rings (SSSR count). The number of benzene rings is 2. The predicted octanol–water partition coefficient (Wildman–Crippen LogP) is 4.35. The third-order valence-electron chi connectivity index (χ3n) is 5.02. The van der Waals surface area contributed by atoms with Crippen LogP contribution in [-0.2, 0) is 6.42 Å². The number of aryl methyl sites for hydroxylation is 2. The Balaban J connectivity index is 1.97. The van der Waals surface area contributed by atoms with Crippen molar-refractivity contribution in [3.05, 3.63) is 88.4 Å². The van der Waals surface area contributed by atoms with Crippen LogP contribution >= 0.6 is 0 Å². The molecule has 2 heterocycles. The van der Waals surface area contributed by atoms with Gasteiger partial charge in [0.2, 0.25) is 11.8 Å². The quantitative estimate of drug-likeness (QED) is 0.741. The SMILES string of the molecule is CCCc1nn(-c2ccccc2)c2c1C(c1ccc(C)cc1)C(C#N)=C(N)O2. The molecule has 0 amide bonds. The Morgan fingerprint density at radius 2 is 1.86 bits per heavy atom. The lowest BCUT2D eigenvalue weighted by molar-refractivity contribution is 0.367. The van der Waals surface area contributed by atoms with Crippen LogP contribution in [0.1, 0.15) is 41.6 Å². The smallest absolute Gasteiger partial charge is 0.229 e. The number of para-hydroxylation sites is 1. The van der Waals surface area contributed by atoms with Gasteiger partial charge in [-0.3, -0.25) is 0 Å². The van der Waals surface area contributed by atoms with E-state index in [9.17, 15) is 5.26 Å². The van der Waals surface area contributed by atoms with Gasteiger partial charge in [0, 0.05) is 0 Å². The third kappa shape index (κ3) is 2.93. The number of nitriles is 1. The number of fused-ring (bicyclic) bond motifs is 1. The molecule has 0 fully saturated rings. The second kappa shape index (κ2) is 7.24. The Kier molecular flexibility index (Phi) is 4.62. The van der Waals surface area contributed by atoms with Crippen molar-refractivity contribution in [3.8, 4) is 17.6 Å². The highest BCUT2D eigenvalue weighted by Crippen LogP contribution is 2.45. The summed E-state index contributed by atoms with van der Waals surface area (Å²) in [5.74, 6) is 0.450. The molecule has 3 aromatic rings. The van der Waals surface area contributed by atoms with E-state index in [1.165, 1.54) is 5.56 Å². The molecule has 2 aromatic carbocycles. The fourth-order valence-corrected chi connectivity index (χ4v) is 3.67. The van der Waals surface area contributed by atoms with E-state index in [1.54, 1.807) is 4.68 Å². The van der Waals surface area contributed by atoms with Gasteiger partial charge in [0.15, 0.2) is 0 Å². The molecule has 140 valence electrons. The maximum Gasteiger partial charge on any atom is 0.229 e. The summed E-state index contributed by atoms with van der Waals surface area (Å²) in [6.07, 6.45) is 1.74. The molecule has 5 heteroatoms. The molecule has 1 aliphatic rings. The number of hydrogen-bond acceptors (Lipinski definition) is 4. The Bertz CT molecular complexity index is 1070. The van der Waals surface area contributed by atoms with E-state index in [4.69, 9.17) is 15.6 Å². The lowest BCUT2D eigenvalue weighted by Crippen LogP contribution is -2.22. The first-order valence-electron chi connectivity index (χ1n) is 9.45. The van der Waals surface area contributed by atoms with Crippen molar-refractivity contribution in [2.75, 3.05) is 0 Å². The first-order chi connectivity index (χ1) is 13.6. The summed E-state index contributed by atoms with van der Waals surface area (Å²) < 4.78 is 7.75. The summed E-state index contributed by atoms with van der Waals surface area (Å²) in [6.45, 7) is 4.17. The summed E-state index contributed by atoms with van der Waals surface area (Å²) in [4.78, 5) is 0. The Labute approximate surface area is 164 Å². The predicted molar refractivity (Wildman–Crippen MR) is 108 cm³/mol. The van der Waals surface area contributed by atoms with E-state index in [0.29, 0.717) is 11.5 Å². The van der Waals surface area contributed by atoms with Crippen LogP contribution in [0.3, 0.4) is 0 Å². The van der Waals surface area contributed by atoms with Crippen molar-refractivity contribution in [3.63, 3.8) is 0 Å². The molecule has 0 saturated carbocycles. The molecule has 1 aromatic heterocycles. The van der Waals surface area contributed by atoms with E-state index in [2.05, 4.69) is 37.3 Å². The molecule has 5 nitrogen and oxygen atoms in total. The van der Waals surface area contributed by atoms with Crippen LogP contribution in [0.25, 0.3) is 5.69 Å². The molecule has 1 atom stereocenters. The number of rotatable bonds is 4. The summed E-state index contributed by atoms with van der Waals surface area (Å²) in [5.41, 5.74) is 11.6. The highest BCUT2D eigenvalue weighted by atomic mass is 16.5. The van der Waals surface area contributed by atoms with Gasteiger partial charge in [-0.2, -0.15) is 10.4 Å². The van der Waals surface area contributed by atoms with Crippen molar-refractivity contribution < 1.29 is 4.74 Å². The van der Waals surface area contributed by atoms with Gasteiger partial charge in [-0.15, -0.1) is 0 Å². The van der Waals surface area contributed by atoms with Crippen LogP contribution in [0, 0.1) is 18.3 Å². The van der Waals surface area contributed by atoms with E-state index >= 15 is 0 Å². The van der Waals surface area contributed by atoms with E-state index in [-0.39, 0.29) is 11.8 Å². The third-order valence-corrected chi connectivity index (χ3v) is 5.02. The van der Waals surface area contributed by atoms with Crippen molar-refractivity contribution in [1.29, 1.82) is 5.26 Å². The zero-order chi connectivity index (χ0) is 19.7. The summed E-state index contributed by atoms with van der Waals surface area (Å²) in [6, 6.07) is 20.3. The standard InChI is InChI=1S/C23H22N4O/c1-3-7-19-21-20(16-12-10-15(2)11-13-16)18(14-24)22(25)28-23(21)27(26-19)17-8-5-4-6-9-17/h4-6,8-13,20H,3,7,25H2,1-2H3. The fourth-order valence-electron chi connectivity index (χ4n) is 3.67. The van der Waals surface area contributed by atoms with Crippen molar-refractivity contribution in [2.45, 2.75) is 32.6 Å². The number of nitrogens with zero attached hydrogens (tertiary/aromatic N) is 3. The van der Waals surface area contributed by atoms with Crippen LogP contribution in [0.15, 0.2) is 66.1 Å². The highest BCUT2D eigenvalue weighted by Gasteiger charge is 2.36. The Morgan fingerprint density at radius 3 is 2.50 bits per heavy atom. The molecule has 0 radical (unpaired) electrons. The lowest BCUT2D eigenvalue weighted by Gasteiger charge is -2.25. The number of aromatic nitrogens is 2. The Hall–Kier alpha value is -3.52. The lowest BCUT2D eigenvalue weighted by atomic mass is 9.83. The van der Waals surface area contributed by atoms with E-state index in [0.717, 1.165) is 35.3 Å². The minimum Gasteiger partial charge on any atom is -0.422 e. The first-order valence-corrected chi connectivity index (χ1v) is 9.45. The number of nitrogens with two attached hydrogens (primary N) is 1. The van der Waals surface area contributed by atoms with Crippen molar-refractivity contribution >= 4 is 0 Å². The van der Waals surface area contributed by atoms with Gasteiger partial charge in [-0.05, 0) is 31.0 Å². The second-order valence-corrected chi connectivity index (χ2v) is 7.00. The Morgan fingerprint density at radius 1 is 1.14 bits per heavy atom. The zero-order valence-electron chi connectivity index (χ0n) is 16.0. The molecule has 0 saturated heterocycles. The van der Waals surface area contributed by atoms with Gasteiger partial charge in [0.25, 0.3) is 0 Å². The molecule has 2 N–H and O–H groups in total. The average molecular weight is 370 g/mol. The van der Waals surface area contributed by atoms with E-state index < -0.39 is 0 Å². The minimum atomic E-state index is -0.284. The first kappa shape index (κ1) is 17.9. The molecule has 0 aliphatic carbocycles. The average Bonchev–Trinajstić information content (AvgIpc) is 3.06. The highest BCUT2D eigenvalue weighted by molar-refractivity contribution is 5.57. The number of hydrogen-bond donors (Lipinski definition) is 1. The van der Waals surface area contributed by atoms with Gasteiger partial charge in [0.1, 0.15) is 11.6 Å². The fraction of sp³-hybridized carbons (Fsp3) is 0.217. The summed E-state index contributed by atoms with van der Waals surface area (Å²) in [5, 5.41) is 14.7. The molecular formula is C23H22N4O. The molecular weight excluding hydrogens is 348 g/mol. The molecule has 1 unspecified atom stereocenters. The van der Waals surface area contributed by atoms with E-state index in [1.807, 2.05) is 37.3 Å². The summed E-state index contributed by atoms with van der Waals surface area (Å²) >= 11 is 0. The monoisotopic (exact) mass is 370 g/mol. The normalized spacial score (nSPS) is 15.7. The van der Waals surface area contributed by atoms with Crippen LogP contribution in [-0.4, -0.2) is 9.78 Å². The van der Waals surface area contributed by atoms with Gasteiger partial charge < -0.3 is 10.5 Å². The molecule has 0 bridgehead atoms. The maximum absolute atomic E-state index is 9.82.